The van der Waals surface area contributed by atoms with E-state index in [9.17, 15) is 14.8 Å². The van der Waals surface area contributed by atoms with Crippen LogP contribution in [0.3, 0.4) is 0 Å². The SMILES string of the molecule is CCC[N+]([O-])(CCC)CCCC(C(=O)O)C(=O)O.[NH4+].[NH4+].[Pt+2]. The Morgan fingerprint density at radius 1 is 1.00 bits per heavy atom. The van der Waals surface area contributed by atoms with E-state index in [0.717, 1.165) is 12.8 Å². The zero-order valence-corrected chi connectivity index (χ0v) is 15.7. The number of carbonyl (C=O) groups is 2. The molecule has 0 saturated carbocycles. The van der Waals surface area contributed by atoms with Crippen LogP contribution in [0.25, 0.3) is 0 Å². The van der Waals surface area contributed by atoms with Gasteiger partial charge in [-0.05, 0) is 25.7 Å². The van der Waals surface area contributed by atoms with Crippen molar-refractivity contribution in [2.24, 2.45) is 5.92 Å². The quantitative estimate of drug-likeness (QED) is 0.208. The molecule has 0 radical (unpaired) electrons. The van der Waals surface area contributed by atoms with Gasteiger partial charge in [-0.2, -0.15) is 0 Å². The zero-order chi connectivity index (χ0) is 14.2. The molecule has 0 aliphatic carbocycles. The standard InChI is InChI=1S/C12H23NO5.2H3N.Pt/c1-3-7-13(18,8-4-2)9-5-6-10(11(14)15)12(16)17;;;/h10H,3-9H2,1-2H3,(H,14,15)(H,16,17);2*1H3;/q;;;+2/p+2. The molecular formula is C12H31N3O5Pt+4. The van der Waals surface area contributed by atoms with E-state index in [1.165, 1.54) is 0 Å². The van der Waals surface area contributed by atoms with Gasteiger partial charge in [-0.3, -0.25) is 9.59 Å². The predicted octanol–water partition coefficient (Wildman–Crippen LogP) is 2.44. The fourth-order valence-electron chi connectivity index (χ4n) is 2.09. The van der Waals surface area contributed by atoms with Crippen LogP contribution in [0.15, 0.2) is 0 Å². The molecule has 0 aromatic heterocycles. The Balaban J connectivity index is -0.000000482. The summed E-state index contributed by atoms with van der Waals surface area (Å²) in [4.78, 5) is 21.4. The second-order valence-corrected chi connectivity index (χ2v) is 4.60. The average Bonchev–Trinajstić information content (AvgIpc) is 2.24. The molecule has 0 aliphatic heterocycles. The molecule has 0 heterocycles. The summed E-state index contributed by atoms with van der Waals surface area (Å²) in [5, 5.41) is 29.7. The van der Waals surface area contributed by atoms with Crippen LogP contribution in [0.1, 0.15) is 39.5 Å². The van der Waals surface area contributed by atoms with Gasteiger partial charge in [0.2, 0.25) is 0 Å². The third kappa shape index (κ3) is 11.8. The van der Waals surface area contributed by atoms with E-state index in [1.807, 2.05) is 13.8 Å². The number of quaternary nitrogens is 3. The number of hydrogen-bond donors (Lipinski definition) is 4. The molecule has 0 saturated heterocycles. The van der Waals surface area contributed by atoms with Crippen LogP contribution in [0.5, 0.6) is 0 Å². The molecular weight excluding hydrogens is 461 g/mol. The molecule has 0 atom stereocenters. The number of hydrogen-bond acceptors (Lipinski definition) is 3. The Morgan fingerprint density at radius 3 is 1.67 bits per heavy atom. The third-order valence-electron chi connectivity index (χ3n) is 2.92. The second kappa shape index (κ2) is 14.4. The molecule has 0 unspecified atom stereocenters. The predicted molar refractivity (Wildman–Crippen MR) is 78.8 cm³/mol. The first-order valence-corrected chi connectivity index (χ1v) is 6.39. The molecule has 0 aliphatic rings. The molecule has 0 rings (SSSR count). The maximum absolute atomic E-state index is 12.3. The number of carboxylic acids is 2. The summed E-state index contributed by atoms with van der Waals surface area (Å²) in [5.74, 6) is -4.07. The number of nitrogens with zero attached hydrogens (tertiary/aromatic N) is 1. The topological polar surface area (TPSA) is 171 Å². The van der Waals surface area contributed by atoms with Crippen molar-refractivity contribution in [3.8, 4) is 0 Å². The smallest absolute Gasteiger partial charge is 0.633 e. The maximum Gasteiger partial charge on any atom is 2.00 e. The number of hydroxylamine groups is 3. The van der Waals surface area contributed by atoms with Gasteiger partial charge in [0.05, 0.1) is 19.6 Å². The van der Waals surface area contributed by atoms with Crippen molar-refractivity contribution >= 4 is 11.9 Å². The fraction of sp³-hybridized carbons (Fsp3) is 0.833. The first-order chi connectivity index (χ1) is 8.36. The second-order valence-electron chi connectivity index (χ2n) is 4.60. The van der Waals surface area contributed by atoms with Crippen molar-refractivity contribution in [3.63, 3.8) is 0 Å². The van der Waals surface area contributed by atoms with Gasteiger partial charge in [-0.15, -0.1) is 0 Å². The van der Waals surface area contributed by atoms with Crippen LogP contribution in [0, 0.1) is 11.1 Å². The molecule has 130 valence electrons. The van der Waals surface area contributed by atoms with E-state index >= 15 is 0 Å². The Labute approximate surface area is 140 Å². The number of carboxylic acid groups (broad SMARTS) is 2. The molecule has 0 spiro atoms. The third-order valence-corrected chi connectivity index (χ3v) is 2.92. The van der Waals surface area contributed by atoms with Crippen molar-refractivity contribution in [1.29, 1.82) is 0 Å². The summed E-state index contributed by atoms with van der Waals surface area (Å²) in [7, 11) is 0. The van der Waals surface area contributed by atoms with Gasteiger partial charge in [0.25, 0.3) is 0 Å². The van der Waals surface area contributed by atoms with Crippen molar-refractivity contribution in [3.05, 3.63) is 5.21 Å². The van der Waals surface area contributed by atoms with Gasteiger partial charge in [-0.25, -0.2) is 0 Å². The van der Waals surface area contributed by atoms with E-state index < -0.39 is 17.9 Å². The number of aliphatic carboxylic acids is 2. The van der Waals surface area contributed by atoms with Crippen molar-refractivity contribution in [2.75, 3.05) is 19.6 Å². The van der Waals surface area contributed by atoms with Crippen LogP contribution in [-0.2, 0) is 30.7 Å². The van der Waals surface area contributed by atoms with E-state index in [2.05, 4.69) is 0 Å². The van der Waals surface area contributed by atoms with Crippen molar-refractivity contribution in [2.45, 2.75) is 39.5 Å². The van der Waals surface area contributed by atoms with Crippen LogP contribution >= 0.6 is 0 Å². The van der Waals surface area contributed by atoms with E-state index in [1.54, 1.807) is 0 Å². The summed E-state index contributed by atoms with van der Waals surface area (Å²) >= 11 is 0. The molecule has 0 aromatic carbocycles. The van der Waals surface area contributed by atoms with E-state index in [4.69, 9.17) is 10.2 Å². The first-order valence-electron chi connectivity index (χ1n) is 6.39. The molecule has 0 aromatic rings. The van der Waals surface area contributed by atoms with Crippen LogP contribution in [-0.4, -0.2) is 46.4 Å². The summed E-state index contributed by atoms with van der Waals surface area (Å²) in [6.07, 6.45) is 1.88. The molecule has 8 nitrogen and oxygen atoms in total. The minimum Gasteiger partial charge on any atom is -0.633 e. The van der Waals surface area contributed by atoms with E-state index in [0.29, 0.717) is 26.1 Å². The Bertz CT molecular complexity index is 272. The average molecular weight is 492 g/mol. The van der Waals surface area contributed by atoms with Crippen molar-refractivity contribution < 1.29 is 45.5 Å². The first kappa shape index (κ1) is 28.6. The molecule has 9 heteroatoms. The maximum atomic E-state index is 12.3. The monoisotopic (exact) mass is 492 g/mol. The Kier molecular flexibility index (Phi) is 19.6. The molecule has 0 fully saturated rings. The van der Waals surface area contributed by atoms with Gasteiger partial charge in [0.15, 0.2) is 5.92 Å². The Morgan fingerprint density at radius 2 is 1.38 bits per heavy atom. The number of rotatable bonds is 10. The van der Waals surface area contributed by atoms with Crippen LogP contribution in [0.4, 0.5) is 0 Å². The van der Waals surface area contributed by atoms with E-state index in [-0.39, 0.29) is 44.4 Å². The molecule has 10 N–H and O–H groups in total. The zero-order valence-electron chi connectivity index (χ0n) is 13.4. The van der Waals surface area contributed by atoms with Gasteiger partial charge < -0.3 is 32.4 Å². The minimum absolute atomic E-state index is 0. The Hall–Kier alpha value is -0.532. The fourth-order valence-corrected chi connectivity index (χ4v) is 2.09. The largest absolute Gasteiger partial charge is 2.00 e. The summed E-state index contributed by atoms with van der Waals surface area (Å²) in [6.45, 7) is 5.14. The van der Waals surface area contributed by atoms with Gasteiger partial charge in [0, 0.05) is 0 Å². The van der Waals surface area contributed by atoms with Gasteiger partial charge >= 0.3 is 33.0 Å². The van der Waals surface area contributed by atoms with Crippen LogP contribution < -0.4 is 12.3 Å². The summed E-state index contributed by atoms with van der Waals surface area (Å²) in [5.41, 5.74) is 0. The van der Waals surface area contributed by atoms with Gasteiger partial charge in [0.1, 0.15) is 0 Å². The van der Waals surface area contributed by atoms with Gasteiger partial charge in [-0.1, -0.05) is 13.8 Å². The summed E-state index contributed by atoms with van der Waals surface area (Å²) < 4.78 is -0.348. The molecule has 0 bridgehead atoms. The van der Waals surface area contributed by atoms with Crippen LogP contribution in [0.2, 0.25) is 0 Å². The minimum atomic E-state index is -1.40. The molecule has 0 amide bonds. The normalized spacial score (nSPS) is 10.1. The molecule has 21 heavy (non-hydrogen) atoms. The summed E-state index contributed by atoms with van der Waals surface area (Å²) in [6, 6.07) is 0. The van der Waals surface area contributed by atoms with Crippen molar-refractivity contribution in [1.82, 2.24) is 12.3 Å².